The van der Waals surface area contributed by atoms with Crippen molar-refractivity contribution in [2.45, 2.75) is 19.0 Å². The maximum absolute atomic E-state index is 12.9. The predicted molar refractivity (Wildman–Crippen MR) is 79.4 cm³/mol. The summed E-state index contributed by atoms with van der Waals surface area (Å²) in [5, 5.41) is 3.15. The zero-order valence-electron chi connectivity index (χ0n) is 11.4. The fraction of sp³-hybridized carbons (Fsp3) is 0.500. The van der Waals surface area contributed by atoms with Gasteiger partial charge in [0.25, 0.3) is 0 Å². The number of nitrogens with one attached hydrogen (secondary N) is 1. The average Bonchev–Trinajstić information content (AvgIpc) is 2.45. The molecule has 1 aromatic carbocycles. The van der Waals surface area contributed by atoms with E-state index in [-0.39, 0.29) is 10.6 Å². The van der Waals surface area contributed by atoms with Crippen LogP contribution in [0.1, 0.15) is 24.0 Å². The second-order valence-electron chi connectivity index (χ2n) is 5.06. The Balaban J connectivity index is 2.10. The summed E-state index contributed by atoms with van der Waals surface area (Å²) in [6.07, 6.45) is -2.55. The van der Waals surface area contributed by atoms with E-state index < -0.39 is 11.7 Å². The third-order valence-electron chi connectivity index (χ3n) is 3.53. The summed E-state index contributed by atoms with van der Waals surface area (Å²) in [7, 11) is 0. The molecule has 0 amide bonds. The van der Waals surface area contributed by atoms with Crippen molar-refractivity contribution in [1.82, 2.24) is 0 Å². The van der Waals surface area contributed by atoms with Gasteiger partial charge in [-0.1, -0.05) is 12.2 Å². The third kappa shape index (κ3) is 4.31. The number of alkyl halides is 3. The van der Waals surface area contributed by atoms with Gasteiger partial charge >= 0.3 is 6.18 Å². The molecule has 0 atom stereocenters. The van der Waals surface area contributed by atoms with E-state index in [0.717, 1.165) is 32.1 Å². The van der Waals surface area contributed by atoms with E-state index in [1.54, 1.807) is 0 Å². The van der Waals surface area contributed by atoms with Crippen molar-refractivity contribution in [2.24, 2.45) is 11.7 Å². The highest BCUT2D eigenvalue weighted by Gasteiger charge is 2.34. The largest absolute Gasteiger partial charge is 0.417 e. The lowest BCUT2D eigenvalue weighted by molar-refractivity contribution is -0.137. The fourth-order valence-electron chi connectivity index (χ4n) is 2.32. The van der Waals surface area contributed by atoms with Crippen molar-refractivity contribution in [2.75, 3.05) is 25.1 Å². The number of rotatable bonds is 4. The SMILES string of the molecule is NC(=S)c1cc(NCC2CCOCC2)ccc1C(F)(F)F. The number of nitrogens with two attached hydrogens (primary N) is 1. The summed E-state index contributed by atoms with van der Waals surface area (Å²) < 4.78 is 43.9. The lowest BCUT2D eigenvalue weighted by Crippen LogP contribution is -2.23. The Kier molecular flexibility index (Phi) is 5.05. The minimum atomic E-state index is -4.46. The first kappa shape index (κ1) is 16.0. The van der Waals surface area contributed by atoms with Crippen LogP contribution in [0.5, 0.6) is 0 Å². The Hall–Kier alpha value is -1.34. The first-order valence-electron chi connectivity index (χ1n) is 6.70. The molecule has 0 aliphatic carbocycles. The molecule has 1 saturated heterocycles. The molecule has 1 aliphatic heterocycles. The number of thiocarbonyl (C=S) groups is 1. The predicted octanol–water partition coefficient (Wildman–Crippen LogP) is 3.18. The van der Waals surface area contributed by atoms with Crippen LogP contribution in [0, 0.1) is 5.92 Å². The molecule has 116 valence electrons. The van der Waals surface area contributed by atoms with Crippen LogP contribution in [0.25, 0.3) is 0 Å². The molecule has 1 fully saturated rings. The summed E-state index contributed by atoms with van der Waals surface area (Å²) in [4.78, 5) is -0.253. The van der Waals surface area contributed by atoms with Gasteiger partial charge < -0.3 is 15.8 Å². The van der Waals surface area contributed by atoms with Gasteiger partial charge in [-0.2, -0.15) is 13.2 Å². The smallest absolute Gasteiger partial charge is 0.389 e. The van der Waals surface area contributed by atoms with Crippen molar-refractivity contribution in [3.63, 3.8) is 0 Å². The average molecular weight is 318 g/mol. The van der Waals surface area contributed by atoms with Crippen LogP contribution in [0.2, 0.25) is 0 Å². The van der Waals surface area contributed by atoms with E-state index in [9.17, 15) is 13.2 Å². The Morgan fingerprint density at radius 3 is 2.57 bits per heavy atom. The summed E-state index contributed by atoms with van der Waals surface area (Å²) in [5.41, 5.74) is 5.06. The molecule has 2 rings (SSSR count). The van der Waals surface area contributed by atoms with Crippen molar-refractivity contribution in [3.05, 3.63) is 29.3 Å². The zero-order chi connectivity index (χ0) is 15.5. The molecule has 1 aliphatic rings. The van der Waals surface area contributed by atoms with Crippen molar-refractivity contribution < 1.29 is 17.9 Å². The van der Waals surface area contributed by atoms with E-state index in [0.29, 0.717) is 18.2 Å². The molecule has 0 aromatic heterocycles. The molecule has 0 unspecified atom stereocenters. The maximum Gasteiger partial charge on any atom is 0.417 e. The van der Waals surface area contributed by atoms with Gasteiger partial charge in [0, 0.05) is 31.0 Å². The maximum atomic E-state index is 12.9. The van der Waals surface area contributed by atoms with Crippen LogP contribution in [0.4, 0.5) is 18.9 Å². The summed E-state index contributed by atoms with van der Waals surface area (Å²) in [6, 6.07) is 3.79. The lowest BCUT2D eigenvalue weighted by atomic mass is 10.00. The van der Waals surface area contributed by atoms with Crippen molar-refractivity contribution >= 4 is 22.9 Å². The second kappa shape index (κ2) is 6.62. The van der Waals surface area contributed by atoms with Gasteiger partial charge in [-0.3, -0.25) is 0 Å². The van der Waals surface area contributed by atoms with Gasteiger partial charge in [-0.25, -0.2) is 0 Å². The second-order valence-corrected chi connectivity index (χ2v) is 5.50. The van der Waals surface area contributed by atoms with Gasteiger partial charge in [-0.05, 0) is 37.0 Å². The molecule has 3 N–H and O–H groups in total. The molecule has 1 aromatic rings. The Bertz CT molecular complexity index is 513. The number of benzene rings is 1. The topological polar surface area (TPSA) is 47.3 Å². The van der Waals surface area contributed by atoms with Crippen LogP contribution in [0.3, 0.4) is 0 Å². The number of hydrogen-bond donors (Lipinski definition) is 2. The Labute approximate surface area is 126 Å². The molecule has 0 saturated carbocycles. The van der Waals surface area contributed by atoms with Crippen LogP contribution < -0.4 is 11.1 Å². The molecule has 21 heavy (non-hydrogen) atoms. The van der Waals surface area contributed by atoms with Crippen molar-refractivity contribution in [3.8, 4) is 0 Å². The fourth-order valence-corrected chi connectivity index (χ4v) is 2.49. The molecule has 0 bridgehead atoms. The van der Waals surface area contributed by atoms with Crippen LogP contribution in [-0.2, 0) is 10.9 Å². The number of ether oxygens (including phenoxy) is 1. The minimum absolute atomic E-state index is 0.144. The van der Waals surface area contributed by atoms with Crippen LogP contribution >= 0.6 is 12.2 Å². The zero-order valence-corrected chi connectivity index (χ0v) is 12.2. The molecule has 3 nitrogen and oxygen atoms in total. The highest BCUT2D eigenvalue weighted by molar-refractivity contribution is 7.80. The van der Waals surface area contributed by atoms with E-state index in [1.165, 1.54) is 12.1 Å². The number of halogens is 3. The molecule has 1 heterocycles. The highest BCUT2D eigenvalue weighted by Crippen LogP contribution is 2.33. The molecule has 0 spiro atoms. The van der Waals surface area contributed by atoms with E-state index in [2.05, 4.69) is 5.32 Å². The van der Waals surface area contributed by atoms with Gasteiger partial charge in [0.2, 0.25) is 0 Å². The number of hydrogen-bond acceptors (Lipinski definition) is 3. The Morgan fingerprint density at radius 2 is 2.00 bits per heavy atom. The van der Waals surface area contributed by atoms with Crippen LogP contribution in [0.15, 0.2) is 18.2 Å². The number of anilines is 1. The molecule has 0 radical (unpaired) electrons. The van der Waals surface area contributed by atoms with Gasteiger partial charge in [0.1, 0.15) is 4.99 Å². The first-order chi connectivity index (χ1) is 9.88. The summed E-state index contributed by atoms with van der Waals surface area (Å²) in [5.74, 6) is 0.467. The first-order valence-corrected chi connectivity index (χ1v) is 7.11. The normalized spacial score (nSPS) is 16.7. The molecule has 7 heteroatoms. The monoisotopic (exact) mass is 318 g/mol. The van der Waals surface area contributed by atoms with Gasteiger partial charge in [0.05, 0.1) is 5.56 Å². The van der Waals surface area contributed by atoms with Gasteiger partial charge in [0.15, 0.2) is 0 Å². The quantitative estimate of drug-likeness (QED) is 0.837. The lowest BCUT2D eigenvalue weighted by Gasteiger charge is -2.23. The summed E-state index contributed by atoms with van der Waals surface area (Å²) in [6.45, 7) is 2.17. The highest BCUT2D eigenvalue weighted by atomic mass is 32.1. The molecular formula is C14H17F3N2OS. The van der Waals surface area contributed by atoms with Crippen molar-refractivity contribution in [1.29, 1.82) is 0 Å². The van der Waals surface area contributed by atoms with E-state index in [1.807, 2.05) is 0 Å². The van der Waals surface area contributed by atoms with Gasteiger partial charge in [-0.15, -0.1) is 0 Å². The minimum Gasteiger partial charge on any atom is -0.389 e. The molecular weight excluding hydrogens is 301 g/mol. The summed E-state index contributed by atoms with van der Waals surface area (Å²) >= 11 is 4.72. The van der Waals surface area contributed by atoms with E-state index in [4.69, 9.17) is 22.7 Å². The Morgan fingerprint density at radius 1 is 1.33 bits per heavy atom. The van der Waals surface area contributed by atoms with E-state index >= 15 is 0 Å². The third-order valence-corrected chi connectivity index (χ3v) is 3.75. The standard InChI is InChI=1S/C14H17F3N2OS/c15-14(16,17)12-2-1-10(7-11(12)13(18)21)19-8-9-3-5-20-6-4-9/h1-2,7,9,19H,3-6,8H2,(H2,18,21). The van der Waals surface area contributed by atoms with Crippen LogP contribution in [-0.4, -0.2) is 24.7 Å².